The second kappa shape index (κ2) is 16.1. The van der Waals surface area contributed by atoms with Gasteiger partial charge in [-0.25, -0.2) is 0 Å². The Morgan fingerprint density at radius 3 is 0.828 bits per heavy atom. The third-order valence-corrected chi connectivity index (χ3v) is 6.33. The Morgan fingerprint density at radius 1 is 0.586 bits per heavy atom. The molecule has 0 atom stereocenters. The molecule has 0 aliphatic carbocycles. The van der Waals surface area contributed by atoms with E-state index in [1.807, 2.05) is 0 Å². The maximum Gasteiger partial charge on any atom is -0.160 e. The standard InChI is InChI=1S/3C7H7.H3O2PS2.3Zn/c3*1-7-5-3-2-4-6-7;1-3(2,4)5;;;/h3*3-6H,1H3;(H3,1,2,4,5);;;/q;;;;3*+1/p-3. The minimum Gasteiger partial charge on any atom is -0.850 e. The van der Waals surface area contributed by atoms with E-state index < -0.39 is 5.69 Å². The first-order valence-corrected chi connectivity index (χ1v) is 16.9. The van der Waals surface area contributed by atoms with Crippen LogP contribution in [0, 0.1) is 20.8 Å². The van der Waals surface area contributed by atoms with Gasteiger partial charge in [-0.05, 0) is 0 Å². The van der Waals surface area contributed by atoms with Crippen LogP contribution in [0.4, 0.5) is 0 Å². The topological polar surface area (TPSA) is 46.1 Å². The summed E-state index contributed by atoms with van der Waals surface area (Å²) in [4.78, 5) is 18.6. The van der Waals surface area contributed by atoms with Crippen molar-refractivity contribution in [1.29, 1.82) is 0 Å². The monoisotopic (exact) mass is 592 g/mol. The van der Waals surface area contributed by atoms with Crippen LogP contribution in [0.15, 0.2) is 72.8 Å². The van der Waals surface area contributed by atoms with E-state index in [2.05, 4.69) is 118 Å². The van der Waals surface area contributed by atoms with Gasteiger partial charge in [0.05, 0.1) is 0 Å². The Bertz CT molecular complexity index is 691. The number of benzene rings is 3. The van der Waals surface area contributed by atoms with Gasteiger partial charge in [-0.2, -0.15) is 11.8 Å². The van der Waals surface area contributed by atoms with Crippen molar-refractivity contribution in [1.82, 2.24) is 0 Å². The first-order valence-electron chi connectivity index (χ1n) is 8.76. The van der Waals surface area contributed by atoms with Gasteiger partial charge >= 0.3 is 178 Å². The minimum absolute atomic E-state index is 1.26. The molecule has 3 aromatic rings. The third-order valence-electron chi connectivity index (χ3n) is 3.36. The molecule has 0 saturated heterocycles. The largest absolute Gasteiger partial charge is 0.850 e. The number of hydrogen-bond acceptors (Lipinski definition) is 4. The number of hydrogen-bond donors (Lipinski definition) is 0. The molecule has 0 fully saturated rings. The zero-order valence-corrected chi connectivity index (χ0v) is 28.6. The van der Waals surface area contributed by atoms with E-state index in [0.29, 0.717) is 0 Å². The van der Waals surface area contributed by atoms with Crippen molar-refractivity contribution in [2.24, 2.45) is 0 Å². The molecule has 29 heavy (non-hydrogen) atoms. The molecule has 0 heterocycles. The molecule has 0 spiro atoms. The van der Waals surface area contributed by atoms with Gasteiger partial charge in [0.15, 0.2) is 0 Å². The van der Waals surface area contributed by atoms with Gasteiger partial charge in [0, 0.05) is 0 Å². The normalized spacial score (nSPS) is 9.79. The third kappa shape index (κ3) is 21.5. The molecule has 0 bridgehead atoms. The van der Waals surface area contributed by atoms with E-state index >= 15 is 0 Å². The van der Waals surface area contributed by atoms with E-state index in [0.717, 1.165) is 0 Å². The fourth-order valence-corrected chi connectivity index (χ4v) is 3.25. The molecule has 3 aromatic carbocycles. The van der Waals surface area contributed by atoms with Crippen molar-refractivity contribution >= 4 is 42.2 Å². The Hall–Kier alpha value is 0.450. The van der Waals surface area contributed by atoms with Gasteiger partial charge < -0.3 is 27.7 Å². The fraction of sp³-hybridized carbons (Fsp3) is 0.143. The summed E-state index contributed by atoms with van der Waals surface area (Å²) in [6, 6.07) is 26.0. The molecular formula is C21H21O2PS2Zn3. The maximum absolute atomic E-state index is 9.29. The van der Waals surface area contributed by atoms with Crippen molar-refractivity contribution in [3.63, 3.8) is 0 Å². The van der Waals surface area contributed by atoms with E-state index in [1.54, 1.807) is 0 Å². The quantitative estimate of drug-likeness (QED) is 0.226. The Morgan fingerprint density at radius 2 is 0.724 bits per heavy atom. The molecule has 140 valence electrons. The molecule has 0 amide bonds. The fourth-order valence-electron chi connectivity index (χ4n) is 1.76. The number of aryl methyl sites for hydroxylation is 3. The summed E-state index contributed by atoms with van der Waals surface area (Å²) in [6.07, 6.45) is 0. The maximum atomic E-state index is 9.29. The average Bonchev–Trinajstić information content (AvgIpc) is 2.62. The van der Waals surface area contributed by atoms with Crippen LogP contribution in [0.5, 0.6) is 0 Å². The van der Waals surface area contributed by atoms with Crippen molar-refractivity contribution < 1.29 is 64.7 Å². The summed E-state index contributed by atoms with van der Waals surface area (Å²) in [5.74, 6) is 0. The van der Waals surface area contributed by atoms with Gasteiger partial charge in [0.25, 0.3) is 0 Å². The Labute approximate surface area is 215 Å². The molecule has 0 saturated carbocycles. The van der Waals surface area contributed by atoms with Crippen molar-refractivity contribution in [2.45, 2.75) is 20.8 Å². The zero-order chi connectivity index (χ0) is 22.4. The summed E-state index contributed by atoms with van der Waals surface area (Å²) in [7, 11) is 0. The molecular weight excluding hydrogens is 576 g/mol. The van der Waals surface area contributed by atoms with Crippen LogP contribution in [0.2, 0.25) is 0 Å². The smallest absolute Gasteiger partial charge is 0.160 e. The van der Waals surface area contributed by atoms with Gasteiger partial charge in [0.2, 0.25) is 0 Å². The van der Waals surface area contributed by atoms with Crippen molar-refractivity contribution in [3.05, 3.63) is 89.5 Å². The molecule has 0 aliphatic rings. The molecule has 2 nitrogen and oxygen atoms in total. The van der Waals surface area contributed by atoms with Crippen LogP contribution in [-0.2, 0) is 79.0 Å². The van der Waals surface area contributed by atoms with Crippen LogP contribution in [0.25, 0.3) is 0 Å². The van der Waals surface area contributed by atoms with Crippen LogP contribution < -0.4 is 22.3 Å². The summed E-state index contributed by atoms with van der Waals surface area (Å²) in [5.41, 5.74) is 0.326. The summed E-state index contributed by atoms with van der Waals surface area (Å²) < 4.78 is 4.36. The van der Waals surface area contributed by atoms with E-state index in [1.165, 1.54) is 84.1 Å². The molecule has 0 aliphatic heterocycles. The molecule has 0 radical (unpaired) electrons. The second-order valence-electron chi connectivity index (χ2n) is 6.40. The first-order chi connectivity index (χ1) is 13.4. The Balaban J connectivity index is 0.000000367. The average molecular weight is 597 g/mol. The van der Waals surface area contributed by atoms with Gasteiger partial charge in [-0.15, -0.1) is 0 Å². The summed E-state index contributed by atoms with van der Waals surface area (Å²) in [6.45, 7) is 6.33. The minimum atomic E-state index is -3.72. The van der Waals surface area contributed by atoms with Gasteiger partial charge in [-0.1, -0.05) is 0 Å². The zero-order valence-electron chi connectivity index (χ0n) is 17.1. The molecule has 0 aromatic heterocycles. The predicted molar refractivity (Wildman–Crippen MR) is 114 cm³/mol. The van der Waals surface area contributed by atoms with Crippen molar-refractivity contribution in [3.8, 4) is 0 Å². The summed E-state index contributed by atoms with van der Waals surface area (Å²) >= 11 is 11.1. The van der Waals surface area contributed by atoms with Gasteiger partial charge in [-0.3, -0.25) is 0 Å². The second-order valence-corrected chi connectivity index (χ2v) is 16.0. The molecule has 0 unspecified atom stereocenters. The summed E-state index contributed by atoms with van der Waals surface area (Å²) in [5, 5.41) is 0. The van der Waals surface area contributed by atoms with Crippen LogP contribution in [0.1, 0.15) is 16.7 Å². The first kappa shape index (κ1) is 29.5. The Kier molecular flexibility index (Phi) is 16.4. The van der Waals surface area contributed by atoms with Crippen molar-refractivity contribution in [2.75, 3.05) is 0 Å². The van der Waals surface area contributed by atoms with E-state index in [-0.39, 0.29) is 0 Å². The molecule has 3 rings (SSSR count). The number of rotatable bonds is 0. The van der Waals surface area contributed by atoms with Gasteiger partial charge in [0.1, 0.15) is 0 Å². The molecule has 8 heteroatoms. The van der Waals surface area contributed by atoms with Crippen LogP contribution >= 0.6 is 5.69 Å². The van der Waals surface area contributed by atoms with E-state index in [9.17, 15) is 9.79 Å². The van der Waals surface area contributed by atoms with Crippen LogP contribution in [-0.4, -0.2) is 0 Å². The van der Waals surface area contributed by atoms with E-state index in [4.69, 9.17) is 0 Å². The molecule has 0 N–H and O–H groups in total. The SMILES string of the molecule is Cc1cc[c]([Zn+])cc1.Cc1cc[c]([Zn+])cc1.Cc1cc[c]([Zn+])cc1.[O-]P([O-])(=S)[S-]. The van der Waals surface area contributed by atoms with Crippen LogP contribution in [0.3, 0.4) is 0 Å². The predicted octanol–water partition coefficient (Wildman–Crippen LogP) is 1.98.